The van der Waals surface area contributed by atoms with Gasteiger partial charge >= 0.3 is 11.8 Å². The van der Waals surface area contributed by atoms with Crippen molar-refractivity contribution in [3.8, 4) is 17.3 Å². The van der Waals surface area contributed by atoms with Gasteiger partial charge in [0.25, 0.3) is 0 Å². The van der Waals surface area contributed by atoms with Crippen molar-refractivity contribution in [2.75, 3.05) is 46.4 Å². The van der Waals surface area contributed by atoms with Gasteiger partial charge in [0.2, 0.25) is 5.91 Å². The maximum absolute atomic E-state index is 16.8. The fraction of sp³-hybridized carbons (Fsp3) is 0.447. The molecule has 266 valence electrons. The molecule has 0 radical (unpaired) electrons. The Morgan fingerprint density at radius 3 is 2.88 bits per heavy atom. The first-order valence-corrected chi connectivity index (χ1v) is 18.1. The van der Waals surface area contributed by atoms with Crippen LogP contribution in [0.5, 0.6) is 6.01 Å². The van der Waals surface area contributed by atoms with E-state index in [9.17, 15) is 13.6 Å². The van der Waals surface area contributed by atoms with Gasteiger partial charge in [-0.3, -0.25) is 14.7 Å². The van der Waals surface area contributed by atoms with Crippen LogP contribution in [-0.2, 0) is 4.79 Å². The second-order valence-electron chi connectivity index (χ2n) is 14.3. The lowest BCUT2D eigenvalue weighted by Crippen LogP contribution is -2.43. The first-order chi connectivity index (χ1) is 24.7. The number of pyridine rings is 1. The van der Waals surface area contributed by atoms with E-state index in [0.717, 1.165) is 45.2 Å². The largest absolute Gasteiger partial charge is 0.443 e. The third-order valence-corrected chi connectivity index (χ3v) is 11.3. The van der Waals surface area contributed by atoms with Crippen LogP contribution in [-0.4, -0.2) is 106 Å². The van der Waals surface area contributed by atoms with Gasteiger partial charge in [0.05, 0.1) is 23.8 Å². The molecule has 0 bridgehead atoms. The minimum absolute atomic E-state index is 0.0135. The zero-order valence-electron chi connectivity index (χ0n) is 28.4. The van der Waals surface area contributed by atoms with E-state index in [-0.39, 0.29) is 46.7 Å². The SMILES string of the molecule is C/[N+](=C\C1CCN(C(=O)/C=C/C2CCCN2)C1)c1nc(OC[C@@]23CCCN2C[C@H](F)C3)nc2c(F)c(-c3cccc4ccc(F)c(Cl)c34)ncc12. The van der Waals surface area contributed by atoms with Crippen molar-refractivity contribution in [2.45, 2.75) is 56.3 Å². The predicted octanol–water partition coefficient (Wildman–Crippen LogP) is 6.23. The first-order valence-electron chi connectivity index (χ1n) is 17.7. The van der Waals surface area contributed by atoms with Crippen molar-refractivity contribution in [2.24, 2.45) is 5.92 Å². The molecule has 4 aliphatic rings. The van der Waals surface area contributed by atoms with Crippen molar-refractivity contribution < 1.29 is 27.3 Å². The molecule has 1 N–H and O–H groups in total. The molecular formula is C38H40ClF3N7O2+. The molecule has 4 aliphatic heterocycles. The fourth-order valence-electron chi connectivity index (χ4n) is 8.37. The number of ether oxygens (including phenoxy) is 1. The van der Waals surface area contributed by atoms with Gasteiger partial charge in [-0.15, -0.1) is 0 Å². The summed E-state index contributed by atoms with van der Waals surface area (Å²) in [6.07, 6.45) is 11.2. The number of halogens is 4. The highest BCUT2D eigenvalue weighted by molar-refractivity contribution is 6.36. The van der Waals surface area contributed by atoms with E-state index in [2.05, 4.69) is 20.2 Å². The van der Waals surface area contributed by atoms with Crippen molar-refractivity contribution >= 4 is 51.2 Å². The maximum Gasteiger partial charge on any atom is 0.434 e. The molecule has 8 rings (SSSR count). The zero-order chi connectivity index (χ0) is 35.3. The topological polar surface area (TPSA) is 86.5 Å². The van der Waals surface area contributed by atoms with E-state index in [1.807, 2.05) is 28.8 Å². The number of fused-ring (bicyclic) bond motifs is 3. The second-order valence-corrected chi connectivity index (χ2v) is 14.7. The van der Waals surface area contributed by atoms with Gasteiger partial charge in [0, 0.05) is 66.2 Å². The number of alkyl halides is 1. The number of amides is 1. The number of benzene rings is 2. The van der Waals surface area contributed by atoms with Crippen LogP contribution in [0.3, 0.4) is 0 Å². The molecule has 0 spiro atoms. The second kappa shape index (κ2) is 13.8. The van der Waals surface area contributed by atoms with Gasteiger partial charge in [-0.05, 0) is 56.6 Å². The molecule has 2 aromatic carbocycles. The van der Waals surface area contributed by atoms with Gasteiger partial charge in [-0.2, -0.15) is 4.98 Å². The van der Waals surface area contributed by atoms with E-state index in [1.54, 1.807) is 30.3 Å². The summed E-state index contributed by atoms with van der Waals surface area (Å²) in [4.78, 5) is 30.8. The van der Waals surface area contributed by atoms with E-state index >= 15 is 4.39 Å². The molecule has 2 aromatic heterocycles. The minimum atomic E-state index is -0.932. The van der Waals surface area contributed by atoms with E-state index in [1.165, 1.54) is 12.3 Å². The van der Waals surface area contributed by atoms with Crippen LogP contribution in [0, 0.1) is 17.6 Å². The summed E-state index contributed by atoms with van der Waals surface area (Å²) >= 11 is 6.42. The van der Waals surface area contributed by atoms with Crippen LogP contribution >= 0.6 is 11.6 Å². The third kappa shape index (κ3) is 6.46. The summed E-state index contributed by atoms with van der Waals surface area (Å²) in [5.41, 5.74) is -0.184. The average molecular weight is 719 g/mol. The smallest absolute Gasteiger partial charge is 0.434 e. The molecule has 4 fully saturated rings. The Hall–Kier alpha value is -4.13. The van der Waals surface area contributed by atoms with Crippen molar-refractivity contribution in [3.05, 3.63) is 65.3 Å². The lowest BCUT2D eigenvalue weighted by molar-refractivity contribution is -0.405. The Bertz CT molecular complexity index is 2070. The Balaban J connectivity index is 1.15. The first kappa shape index (κ1) is 34.0. The normalized spacial score (nSPS) is 25.5. The Morgan fingerprint density at radius 2 is 2.04 bits per heavy atom. The van der Waals surface area contributed by atoms with Crippen molar-refractivity contribution in [1.82, 2.24) is 30.1 Å². The third-order valence-electron chi connectivity index (χ3n) is 10.9. The van der Waals surface area contributed by atoms with Crippen LogP contribution in [0.2, 0.25) is 5.02 Å². The van der Waals surface area contributed by atoms with Crippen LogP contribution in [0.25, 0.3) is 32.9 Å². The zero-order valence-corrected chi connectivity index (χ0v) is 29.2. The number of nitrogens with zero attached hydrogens (tertiary/aromatic N) is 6. The number of hydrogen-bond donors (Lipinski definition) is 1. The van der Waals surface area contributed by atoms with Gasteiger partial charge < -0.3 is 15.0 Å². The Labute approximate surface area is 299 Å². The number of likely N-dealkylation sites (tertiary alicyclic amines) is 1. The minimum Gasteiger partial charge on any atom is -0.443 e. The Kier molecular flexibility index (Phi) is 9.18. The molecule has 2 unspecified atom stereocenters. The number of carbonyl (C=O) groups is 1. The highest BCUT2D eigenvalue weighted by atomic mass is 35.5. The van der Waals surface area contributed by atoms with Gasteiger partial charge in [-0.1, -0.05) is 41.9 Å². The molecule has 9 nitrogen and oxygen atoms in total. The average Bonchev–Trinajstić information content (AvgIpc) is 3.94. The molecule has 1 amide bonds. The quantitative estimate of drug-likeness (QED) is 0.131. The molecule has 0 saturated carbocycles. The van der Waals surface area contributed by atoms with Crippen LogP contribution in [0.1, 0.15) is 38.5 Å². The van der Waals surface area contributed by atoms with Crippen LogP contribution < -0.4 is 10.1 Å². The van der Waals surface area contributed by atoms with Crippen molar-refractivity contribution in [3.63, 3.8) is 0 Å². The van der Waals surface area contributed by atoms with E-state index < -0.39 is 23.3 Å². The van der Waals surface area contributed by atoms with Crippen LogP contribution in [0.4, 0.5) is 19.0 Å². The van der Waals surface area contributed by atoms with Gasteiger partial charge in [-0.25, -0.2) is 17.7 Å². The summed E-state index contributed by atoms with van der Waals surface area (Å²) in [5, 5.41) is 4.59. The van der Waals surface area contributed by atoms with E-state index in [0.29, 0.717) is 53.6 Å². The summed E-state index contributed by atoms with van der Waals surface area (Å²) in [5.74, 6) is -0.953. The molecule has 51 heavy (non-hydrogen) atoms. The molecule has 13 heteroatoms. The van der Waals surface area contributed by atoms with E-state index in [4.69, 9.17) is 21.3 Å². The molecular weight excluding hydrogens is 679 g/mol. The summed E-state index contributed by atoms with van der Waals surface area (Å²) in [6, 6.07) is 8.24. The summed E-state index contributed by atoms with van der Waals surface area (Å²) in [7, 11) is 1.82. The highest BCUT2D eigenvalue weighted by Gasteiger charge is 2.49. The summed E-state index contributed by atoms with van der Waals surface area (Å²) in [6.45, 7) is 3.48. The summed E-state index contributed by atoms with van der Waals surface area (Å²) < 4.78 is 54.0. The lowest BCUT2D eigenvalue weighted by atomic mass is 9.95. The monoisotopic (exact) mass is 718 g/mol. The maximum atomic E-state index is 16.8. The van der Waals surface area contributed by atoms with Crippen molar-refractivity contribution in [1.29, 1.82) is 0 Å². The number of hydrogen-bond acceptors (Lipinski definition) is 7. The van der Waals surface area contributed by atoms with Gasteiger partial charge in [0.1, 0.15) is 35.2 Å². The molecule has 4 aromatic rings. The Morgan fingerprint density at radius 1 is 1.16 bits per heavy atom. The molecule has 4 atom stereocenters. The number of aromatic nitrogens is 3. The van der Waals surface area contributed by atoms with Gasteiger partial charge in [0.15, 0.2) is 5.82 Å². The number of rotatable bonds is 8. The lowest BCUT2D eigenvalue weighted by Gasteiger charge is -2.30. The molecule has 0 aliphatic carbocycles. The van der Waals surface area contributed by atoms with Crippen LogP contribution in [0.15, 0.2) is 48.7 Å². The number of nitrogens with one attached hydrogen (secondary N) is 1. The molecule has 6 heterocycles. The standard InChI is InChI=1S/C38H40ClF3N7O2/c1-47(19-23-12-16-48(20-23)30(50)11-9-26-6-3-14-43-26)36-28-18-44-34(27-7-2-5-24-8-10-29(41)32(39)31(24)27)33(42)35(28)45-37(46-36)51-22-38-13-4-15-49(38)21-25(40)17-38/h2,5,7-11,18-19,23,25-26,43H,3-4,6,12-17,20-22H2,1H3/q+1/b11-9+,47-19+/t23?,25-,26?,38+/m1/s1. The fourth-order valence-corrected chi connectivity index (χ4v) is 8.65. The predicted molar refractivity (Wildman–Crippen MR) is 191 cm³/mol. The molecule has 4 saturated heterocycles. The number of carbonyl (C=O) groups excluding carboxylic acids is 1. The highest BCUT2D eigenvalue weighted by Crippen LogP contribution is 2.41.